The molecule has 0 bridgehead atoms. The molecule has 0 unspecified atom stereocenters. The molecule has 0 heterocycles. The minimum Gasteiger partial charge on any atom is -0.365 e. The molecule has 3 heteroatoms. The van der Waals surface area contributed by atoms with E-state index in [0.29, 0.717) is 5.82 Å². The van der Waals surface area contributed by atoms with Gasteiger partial charge in [0.1, 0.15) is 5.82 Å². The first-order valence-electron chi connectivity index (χ1n) is 5.24. The second kappa shape index (κ2) is 6.27. The minimum atomic E-state index is -0.0319. The molecule has 0 aliphatic carbocycles. The third kappa shape index (κ3) is 4.68. The van der Waals surface area contributed by atoms with E-state index >= 15 is 0 Å². The zero-order valence-electron chi connectivity index (χ0n) is 10.5. The van der Waals surface area contributed by atoms with Crippen molar-refractivity contribution in [1.82, 2.24) is 10.2 Å². The van der Waals surface area contributed by atoms with Crippen molar-refractivity contribution < 1.29 is 4.79 Å². The molecule has 0 aromatic heterocycles. The fourth-order valence-corrected chi connectivity index (χ4v) is 1.16. The van der Waals surface area contributed by atoms with Gasteiger partial charge >= 0.3 is 0 Å². The van der Waals surface area contributed by atoms with Crippen molar-refractivity contribution in [1.29, 1.82) is 0 Å². The third-order valence-electron chi connectivity index (χ3n) is 2.18. The van der Waals surface area contributed by atoms with Crippen LogP contribution < -0.4 is 5.32 Å². The number of amides is 1. The van der Waals surface area contributed by atoms with Crippen molar-refractivity contribution in [3.63, 3.8) is 0 Å². The van der Waals surface area contributed by atoms with Crippen LogP contribution in [0.5, 0.6) is 0 Å². The van der Waals surface area contributed by atoms with Gasteiger partial charge in [-0.05, 0) is 20.3 Å². The largest absolute Gasteiger partial charge is 0.365 e. The lowest BCUT2D eigenvalue weighted by molar-refractivity contribution is -0.117. The highest BCUT2D eigenvalue weighted by Gasteiger charge is 2.11. The van der Waals surface area contributed by atoms with E-state index in [-0.39, 0.29) is 5.91 Å². The summed E-state index contributed by atoms with van der Waals surface area (Å²) in [5, 5.41) is 2.78. The predicted molar refractivity (Wildman–Crippen MR) is 64.3 cm³/mol. The number of nitrogens with zero attached hydrogens (tertiary/aromatic N) is 1. The molecular formula is C12H22N2O. The number of rotatable bonds is 5. The Morgan fingerprint density at radius 2 is 1.87 bits per heavy atom. The standard InChI is InChI=1S/C12H22N2O/c1-7-8-11(9(2)3)12(15)13-10(4)14(5)6/h4,7-8H2,1-3,5-6H3,(H,13,15). The number of carbonyl (C=O) groups is 1. The molecule has 0 saturated carbocycles. The van der Waals surface area contributed by atoms with Gasteiger partial charge in [-0.3, -0.25) is 4.79 Å². The van der Waals surface area contributed by atoms with Crippen LogP contribution >= 0.6 is 0 Å². The lowest BCUT2D eigenvalue weighted by atomic mass is 10.1. The molecule has 15 heavy (non-hydrogen) atoms. The molecule has 1 N–H and O–H groups in total. The molecule has 0 spiro atoms. The summed E-state index contributed by atoms with van der Waals surface area (Å²) in [4.78, 5) is 13.6. The first-order chi connectivity index (χ1) is 6.90. The first kappa shape index (κ1) is 13.8. The fourth-order valence-electron chi connectivity index (χ4n) is 1.16. The summed E-state index contributed by atoms with van der Waals surface area (Å²) in [6, 6.07) is 0. The van der Waals surface area contributed by atoms with Crippen LogP contribution in [0.2, 0.25) is 0 Å². The van der Waals surface area contributed by atoms with Crippen LogP contribution in [-0.2, 0) is 4.79 Å². The van der Waals surface area contributed by atoms with Crippen molar-refractivity contribution >= 4 is 5.91 Å². The number of hydrogen-bond acceptors (Lipinski definition) is 2. The Hall–Kier alpha value is -1.25. The number of nitrogens with one attached hydrogen (secondary N) is 1. The topological polar surface area (TPSA) is 32.3 Å². The average Bonchev–Trinajstić information content (AvgIpc) is 2.12. The van der Waals surface area contributed by atoms with Crippen LogP contribution in [0.1, 0.15) is 33.6 Å². The Balaban J connectivity index is 4.55. The molecule has 0 saturated heterocycles. The molecule has 0 rings (SSSR count). The predicted octanol–water partition coefficient (Wildman–Crippen LogP) is 2.27. The second-order valence-corrected chi connectivity index (χ2v) is 4.02. The van der Waals surface area contributed by atoms with Gasteiger partial charge in [-0.25, -0.2) is 0 Å². The highest BCUT2D eigenvalue weighted by atomic mass is 16.1. The average molecular weight is 210 g/mol. The quantitative estimate of drug-likeness (QED) is 0.706. The molecule has 0 aromatic rings. The molecule has 0 aromatic carbocycles. The zero-order valence-corrected chi connectivity index (χ0v) is 10.5. The summed E-state index contributed by atoms with van der Waals surface area (Å²) in [5.41, 5.74) is 1.93. The highest BCUT2D eigenvalue weighted by molar-refractivity contribution is 5.95. The lowest BCUT2D eigenvalue weighted by Gasteiger charge is -2.18. The Bertz CT molecular complexity index is 273. The molecule has 3 nitrogen and oxygen atoms in total. The van der Waals surface area contributed by atoms with E-state index in [1.165, 1.54) is 0 Å². The van der Waals surface area contributed by atoms with Gasteiger partial charge in [-0.15, -0.1) is 0 Å². The van der Waals surface area contributed by atoms with Gasteiger partial charge in [-0.1, -0.05) is 25.5 Å². The van der Waals surface area contributed by atoms with Gasteiger partial charge in [0.2, 0.25) is 0 Å². The Kier molecular flexibility index (Phi) is 5.75. The van der Waals surface area contributed by atoms with Crippen LogP contribution in [0.4, 0.5) is 0 Å². The third-order valence-corrected chi connectivity index (χ3v) is 2.18. The summed E-state index contributed by atoms with van der Waals surface area (Å²) in [6.07, 6.45) is 1.79. The maximum Gasteiger partial charge on any atom is 0.252 e. The molecule has 1 amide bonds. The van der Waals surface area contributed by atoms with E-state index in [2.05, 4.69) is 18.8 Å². The summed E-state index contributed by atoms with van der Waals surface area (Å²) >= 11 is 0. The van der Waals surface area contributed by atoms with E-state index in [9.17, 15) is 4.79 Å². The maximum absolute atomic E-state index is 11.8. The Morgan fingerprint density at radius 1 is 1.33 bits per heavy atom. The number of hydrogen-bond donors (Lipinski definition) is 1. The smallest absolute Gasteiger partial charge is 0.252 e. The number of allylic oxidation sites excluding steroid dienone is 1. The van der Waals surface area contributed by atoms with Crippen LogP contribution in [0.15, 0.2) is 23.5 Å². The minimum absolute atomic E-state index is 0.0319. The van der Waals surface area contributed by atoms with Crippen molar-refractivity contribution in [3.8, 4) is 0 Å². The van der Waals surface area contributed by atoms with E-state index in [4.69, 9.17) is 0 Å². The summed E-state index contributed by atoms with van der Waals surface area (Å²) in [5.74, 6) is 0.588. The van der Waals surface area contributed by atoms with Crippen molar-refractivity contribution in [2.24, 2.45) is 0 Å². The van der Waals surface area contributed by atoms with Gasteiger partial charge in [0.25, 0.3) is 5.91 Å². The van der Waals surface area contributed by atoms with Crippen molar-refractivity contribution in [2.75, 3.05) is 14.1 Å². The molecule has 0 aliphatic heterocycles. The van der Waals surface area contributed by atoms with Crippen LogP contribution in [0.25, 0.3) is 0 Å². The molecule has 0 fully saturated rings. The van der Waals surface area contributed by atoms with E-state index in [0.717, 1.165) is 24.0 Å². The zero-order chi connectivity index (χ0) is 12.0. The van der Waals surface area contributed by atoms with Gasteiger partial charge < -0.3 is 10.2 Å². The van der Waals surface area contributed by atoms with Gasteiger partial charge in [-0.2, -0.15) is 0 Å². The van der Waals surface area contributed by atoms with Crippen LogP contribution in [-0.4, -0.2) is 24.9 Å². The SMILES string of the molecule is C=C(NC(=O)C(CCC)=C(C)C)N(C)C. The second-order valence-electron chi connectivity index (χ2n) is 4.02. The summed E-state index contributed by atoms with van der Waals surface area (Å²) in [7, 11) is 3.70. The Labute approximate surface area is 92.8 Å². The van der Waals surface area contributed by atoms with E-state index in [1.807, 2.05) is 27.9 Å². The molecule has 0 atom stereocenters. The molecule has 0 radical (unpaired) electrons. The van der Waals surface area contributed by atoms with E-state index < -0.39 is 0 Å². The monoisotopic (exact) mass is 210 g/mol. The van der Waals surface area contributed by atoms with Crippen molar-refractivity contribution in [2.45, 2.75) is 33.6 Å². The molecule has 0 aliphatic rings. The van der Waals surface area contributed by atoms with Gasteiger partial charge in [0.15, 0.2) is 0 Å². The normalized spacial score (nSPS) is 9.40. The lowest BCUT2D eigenvalue weighted by Crippen LogP contribution is -2.31. The first-order valence-corrected chi connectivity index (χ1v) is 5.24. The maximum atomic E-state index is 11.8. The highest BCUT2D eigenvalue weighted by Crippen LogP contribution is 2.11. The molecular weight excluding hydrogens is 188 g/mol. The van der Waals surface area contributed by atoms with Gasteiger partial charge in [0, 0.05) is 19.7 Å². The fraction of sp³-hybridized carbons (Fsp3) is 0.583. The number of carbonyl (C=O) groups excluding carboxylic acids is 1. The van der Waals surface area contributed by atoms with Crippen molar-refractivity contribution in [3.05, 3.63) is 23.5 Å². The van der Waals surface area contributed by atoms with Crippen LogP contribution in [0, 0.1) is 0 Å². The Morgan fingerprint density at radius 3 is 2.20 bits per heavy atom. The van der Waals surface area contributed by atoms with Gasteiger partial charge in [0.05, 0.1) is 0 Å². The van der Waals surface area contributed by atoms with E-state index in [1.54, 1.807) is 4.90 Å². The summed E-state index contributed by atoms with van der Waals surface area (Å²) in [6.45, 7) is 9.76. The van der Waals surface area contributed by atoms with Crippen LogP contribution in [0.3, 0.4) is 0 Å². The summed E-state index contributed by atoms with van der Waals surface area (Å²) < 4.78 is 0. The molecule has 86 valence electrons.